The van der Waals surface area contributed by atoms with Gasteiger partial charge in [0.15, 0.2) is 0 Å². The number of azide groups is 2. The number of carbonyl (C=O) groups is 2. The van der Waals surface area contributed by atoms with Crippen LogP contribution >= 0.6 is 0 Å². The second-order valence-corrected chi connectivity index (χ2v) is 7.23. The molecule has 0 aromatic heterocycles. The minimum Gasteiger partial charge on any atom is -0.480 e. The first kappa shape index (κ1) is 39.2. The van der Waals surface area contributed by atoms with Gasteiger partial charge in [0.1, 0.15) is 13.2 Å². The molecule has 242 valence electrons. The number of carbonyl (C=O) groups excluding carboxylic acids is 1. The maximum absolute atomic E-state index is 13.3. The van der Waals surface area contributed by atoms with Crippen molar-refractivity contribution in [1.82, 2.24) is 0 Å². The molecule has 1 N–H and O–H groups in total. The molecular formula is C22H29F5N6O10. The van der Waals surface area contributed by atoms with Gasteiger partial charge in [0.05, 0.1) is 66.1 Å². The van der Waals surface area contributed by atoms with E-state index >= 15 is 0 Å². The van der Waals surface area contributed by atoms with Crippen LogP contribution in [0.15, 0.2) is 10.2 Å². The summed E-state index contributed by atoms with van der Waals surface area (Å²) < 4.78 is 99.3. The zero-order chi connectivity index (χ0) is 32.3. The van der Waals surface area contributed by atoms with Crippen LogP contribution in [0.4, 0.5) is 22.0 Å². The molecule has 0 saturated carbocycles. The van der Waals surface area contributed by atoms with Gasteiger partial charge in [0, 0.05) is 22.9 Å². The van der Waals surface area contributed by atoms with Crippen LogP contribution in [0.3, 0.4) is 0 Å². The minimum atomic E-state index is -2.36. The van der Waals surface area contributed by atoms with E-state index in [0.29, 0.717) is 33.0 Å². The number of hydrogen-bond donors (Lipinski definition) is 1. The molecule has 0 unspecified atom stereocenters. The van der Waals surface area contributed by atoms with Crippen molar-refractivity contribution >= 4 is 11.9 Å². The number of carboxylic acid groups (broad SMARTS) is 1. The maximum Gasteiger partial charge on any atom is 0.337 e. The fraction of sp³-hybridized carbons (Fsp3) is 0.636. The number of aliphatic carboxylic acids is 1. The number of esters is 1. The number of ether oxygens (including phenoxy) is 7. The van der Waals surface area contributed by atoms with Gasteiger partial charge in [-0.15, -0.1) is 0 Å². The fourth-order valence-electron chi connectivity index (χ4n) is 2.31. The molecule has 0 aliphatic carbocycles. The highest BCUT2D eigenvalue weighted by Crippen LogP contribution is 2.29. The number of halogens is 5. The molecule has 1 aromatic carbocycles. The van der Waals surface area contributed by atoms with E-state index in [4.69, 9.17) is 44.6 Å². The molecule has 0 aliphatic heterocycles. The molecule has 16 nitrogen and oxygen atoms in total. The molecule has 21 heteroatoms. The highest BCUT2D eigenvalue weighted by Gasteiger charge is 2.28. The van der Waals surface area contributed by atoms with Gasteiger partial charge in [-0.3, -0.25) is 0 Å². The molecule has 43 heavy (non-hydrogen) atoms. The first-order chi connectivity index (χ1) is 20.7. The lowest BCUT2D eigenvalue weighted by Crippen LogP contribution is -2.20. The van der Waals surface area contributed by atoms with Gasteiger partial charge in [0.25, 0.3) is 0 Å². The number of rotatable bonds is 23. The average Bonchev–Trinajstić information content (AvgIpc) is 2.99. The van der Waals surface area contributed by atoms with Crippen LogP contribution in [-0.2, 0) is 38.0 Å². The summed E-state index contributed by atoms with van der Waals surface area (Å²) in [6.45, 7) is 1.68. The summed E-state index contributed by atoms with van der Waals surface area (Å²) in [5, 5.41) is 14.8. The van der Waals surface area contributed by atoms with E-state index in [1.807, 2.05) is 0 Å². The van der Waals surface area contributed by atoms with Gasteiger partial charge in [-0.05, 0) is 11.1 Å². The Labute approximate surface area is 240 Å². The van der Waals surface area contributed by atoms with Crippen LogP contribution in [-0.4, -0.2) is 109 Å². The lowest BCUT2D eigenvalue weighted by atomic mass is 10.2. The van der Waals surface area contributed by atoms with Crippen LogP contribution in [0, 0.1) is 29.1 Å². The third kappa shape index (κ3) is 19.9. The molecule has 1 aromatic rings. The fourth-order valence-corrected chi connectivity index (χ4v) is 2.31. The summed E-state index contributed by atoms with van der Waals surface area (Å²) in [6, 6.07) is 0. The topological polar surface area (TPSA) is 216 Å². The summed E-state index contributed by atoms with van der Waals surface area (Å²) in [7, 11) is 0. The van der Waals surface area contributed by atoms with E-state index in [9.17, 15) is 31.5 Å². The Morgan fingerprint density at radius 2 is 0.930 bits per heavy atom. The number of carboxylic acids is 1. The lowest BCUT2D eigenvalue weighted by molar-refractivity contribution is -0.143. The van der Waals surface area contributed by atoms with E-state index in [-0.39, 0.29) is 52.8 Å². The van der Waals surface area contributed by atoms with Crippen molar-refractivity contribution < 1.29 is 69.8 Å². The summed E-state index contributed by atoms with van der Waals surface area (Å²) >= 11 is 0. The van der Waals surface area contributed by atoms with E-state index < -0.39 is 53.4 Å². The van der Waals surface area contributed by atoms with Crippen molar-refractivity contribution in [3.8, 4) is 5.75 Å². The molecule has 0 radical (unpaired) electrons. The van der Waals surface area contributed by atoms with Crippen molar-refractivity contribution in [2.45, 2.75) is 0 Å². The Morgan fingerprint density at radius 1 is 0.581 bits per heavy atom. The molecule has 0 fully saturated rings. The predicted octanol–water partition coefficient (Wildman–Crippen LogP) is 3.08. The van der Waals surface area contributed by atoms with E-state index in [1.54, 1.807) is 0 Å². The predicted molar refractivity (Wildman–Crippen MR) is 132 cm³/mol. The maximum atomic E-state index is 13.3. The van der Waals surface area contributed by atoms with Crippen LogP contribution in [0.1, 0.15) is 0 Å². The SMILES string of the molecule is [N-]=[N+]=NCCOCCOCCOCC(=O)O.[N-]=[N+]=NCCOCCOCCOCC(=O)Oc1c(F)c(F)c(F)c(F)c1F. The minimum absolute atomic E-state index is 0.0372. The van der Waals surface area contributed by atoms with Crippen molar-refractivity contribution in [2.75, 3.05) is 92.4 Å². The average molecular weight is 632 g/mol. The number of benzene rings is 1. The van der Waals surface area contributed by atoms with Crippen LogP contribution < -0.4 is 4.74 Å². The lowest BCUT2D eigenvalue weighted by Gasteiger charge is -2.09. The van der Waals surface area contributed by atoms with Crippen LogP contribution in [0.25, 0.3) is 20.9 Å². The Bertz CT molecular complexity index is 1040. The zero-order valence-corrected chi connectivity index (χ0v) is 22.6. The third-order valence-corrected chi connectivity index (χ3v) is 4.12. The Kier molecular flexibility index (Phi) is 23.6. The first-order valence-electron chi connectivity index (χ1n) is 12.1. The van der Waals surface area contributed by atoms with Crippen LogP contribution in [0.2, 0.25) is 0 Å². The zero-order valence-electron chi connectivity index (χ0n) is 22.6. The number of nitrogens with zero attached hydrogens (tertiary/aromatic N) is 6. The number of hydrogen-bond acceptors (Lipinski definition) is 11. The molecule has 0 atom stereocenters. The van der Waals surface area contributed by atoms with Gasteiger partial charge in [-0.25, -0.2) is 22.8 Å². The summed E-state index contributed by atoms with van der Waals surface area (Å²) in [4.78, 5) is 26.5. The molecule has 0 aliphatic rings. The van der Waals surface area contributed by atoms with Crippen molar-refractivity contribution in [1.29, 1.82) is 0 Å². The van der Waals surface area contributed by atoms with Crippen LogP contribution in [0.5, 0.6) is 5.75 Å². The molecular weight excluding hydrogens is 603 g/mol. The van der Waals surface area contributed by atoms with Crippen molar-refractivity contribution in [2.24, 2.45) is 10.2 Å². The summed E-state index contributed by atoms with van der Waals surface area (Å²) in [5.41, 5.74) is 16.0. The van der Waals surface area contributed by atoms with Gasteiger partial charge in [-0.1, -0.05) is 10.2 Å². The van der Waals surface area contributed by atoms with Gasteiger partial charge >= 0.3 is 11.9 Å². The molecule has 1 rings (SSSR count). The second-order valence-electron chi connectivity index (χ2n) is 7.23. The molecule has 0 saturated heterocycles. The monoisotopic (exact) mass is 632 g/mol. The highest BCUT2D eigenvalue weighted by atomic mass is 19.2. The van der Waals surface area contributed by atoms with Gasteiger partial charge in [-0.2, -0.15) is 8.78 Å². The van der Waals surface area contributed by atoms with Gasteiger partial charge < -0.3 is 38.3 Å². The van der Waals surface area contributed by atoms with E-state index in [1.165, 1.54) is 0 Å². The Hall–Kier alpha value is -3.81. The quantitative estimate of drug-likeness (QED) is 0.0214. The molecule has 0 bridgehead atoms. The smallest absolute Gasteiger partial charge is 0.337 e. The summed E-state index contributed by atoms with van der Waals surface area (Å²) in [6.07, 6.45) is 0. The second kappa shape index (κ2) is 25.9. The molecule has 0 amide bonds. The Balaban J connectivity index is 0.000000942. The first-order valence-corrected chi connectivity index (χ1v) is 12.1. The largest absolute Gasteiger partial charge is 0.480 e. The van der Waals surface area contributed by atoms with E-state index in [2.05, 4.69) is 24.8 Å². The van der Waals surface area contributed by atoms with Crippen molar-refractivity contribution in [3.05, 3.63) is 50.0 Å². The highest BCUT2D eigenvalue weighted by molar-refractivity contribution is 5.73. The van der Waals surface area contributed by atoms with Crippen molar-refractivity contribution in [3.63, 3.8) is 0 Å². The molecule has 0 heterocycles. The van der Waals surface area contributed by atoms with Gasteiger partial charge in [0.2, 0.25) is 34.8 Å². The molecule has 0 spiro atoms. The normalized spacial score (nSPS) is 10.3. The Morgan fingerprint density at radius 3 is 1.33 bits per heavy atom. The summed E-state index contributed by atoms with van der Waals surface area (Å²) in [5.74, 6) is -15.4. The standard InChI is InChI=1S/C14H14F5N3O5.C8H15N3O5/c15-9-10(16)12(18)14(13(19)11(9)17)27-8(23)7-26-6-5-25-4-3-24-2-1-21-22-20;9-11-10-1-2-14-3-4-15-5-6-16-7-8(12)13/h1-7H2;1-7H2,(H,12,13). The van der Waals surface area contributed by atoms with E-state index in [0.717, 1.165) is 0 Å². The third-order valence-electron chi connectivity index (χ3n) is 4.12.